The van der Waals surface area contributed by atoms with E-state index in [1.807, 2.05) is 12.1 Å². The molecule has 0 saturated carbocycles. The predicted molar refractivity (Wildman–Crippen MR) is 77.1 cm³/mol. The zero-order chi connectivity index (χ0) is 14.1. The van der Waals surface area contributed by atoms with Gasteiger partial charge in [0, 0.05) is 4.47 Å². The molecule has 0 spiro atoms. The van der Waals surface area contributed by atoms with Crippen LogP contribution in [0.25, 0.3) is 6.08 Å². The van der Waals surface area contributed by atoms with Crippen molar-refractivity contribution in [3.63, 3.8) is 0 Å². The molecule has 20 heavy (non-hydrogen) atoms. The first-order valence-corrected chi connectivity index (χ1v) is 6.81. The molecule has 0 amide bonds. The van der Waals surface area contributed by atoms with Crippen LogP contribution in [0.2, 0.25) is 0 Å². The Balaban J connectivity index is 1.84. The molecule has 5 heteroatoms. The number of rotatable bonds is 3. The summed E-state index contributed by atoms with van der Waals surface area (Å²) < 4.78 is 16.7. The van der Waals surface area contributed by atoms with Crippen LogP contribution in [0, 0.1) is 6.92 Å². The predicted octanol–water partition coefficient (Wildman–Crippen LogP) is 3.98. The molecule has 0 aliphatic carbocycles. The highest BCUT2D eigenvalue weighted by atomic mass is 79.9. The molecular formula is C15H11BrO4. The summed E-state index contributed by atoms with van der Waals surface area (Å²) in [5.41, 5.74) is 0.839. The van der Waals surface area contributed by atoms with Gasteiger partial charge in [-0.05, 0) is 48.9 Å². The van der Waals surface area contributed by atoms with Crippen LogP contribution in [0.15, 0.2) is 39.2 Å². The topological polar surface area (TPSA) is 48.7 Å². The van der Waals surface area contributed by atoms with Gasteiger partial charge >= 0.3 is 0 Å². The first-order valence-electron chi connectivity index (χ1n) is 6.01. The van der Waals surface area contributed by atoms with Gasteiger partial charge in [0.25, 0.3) is 0 Å². The molecule has 1 aromatic heterocycles. The molecule has 0 radical (unpaired) electrons. The van der Waals surface area contributed by atoms with Crippen molar-refractivity contribution in [3.8, 4) is 11.5 Å². The molecule has 0 saturated heterocycles. The smallest absolute Gasteiger partial charge is 0.231 e. The standard InChI is InChI=1S/C15H11BrO4/c1-9-2-5-13(20-9)12(17)4-3-10-6-14-15(7-11(10)16)19-8-18-14/h2-7H,8H2,1H3/b4-3+. The Hall–Kier alpha value is -2.01. The van der Waals surface area contributed by atoms with Crippen LogP contribution in [0.4, 0.5) is 0 Å². The molecule has 0 N–H and O–H groups in total. The number of carbonyl (C=O) groups is 1. The monoisotopic (exact) mass is 334 g/mol. The van der Waals surface area contributed by atoms with Gasteiger partial charge < -0.3 is 13.9 Å². The zero-order valence-electron chi connectivity index (χ0n) is 10.7. The van der Waals surface area contributed by atoms with E-state index in [1.54, 1.807) is 25.1 Å². The van der Waals surface area contributed by atoms with E-state index >= 15 is 0 Å². The average molecular weight is 335 g/mol. The van der Waals surface area contributed by atoms with Crippen LogP contribution in [-0.4, -0.2) is 12.6 Å². The van der Waals surface area contributed by atoms with Crippen LogP contribution < -0.4 is 9.47 Å². The zero-order valence-corrected chi connectivity index (χ0v) is 12.3. The van der Waals surface area contributed by atoms with Crippen molar-refractivity contribution in [2.45, 2.75) is 6.92 Å². The third kappa shape index (κ3) is 2.49. The van der Waals surface area contributed by atoms with Crippen molar-refractivity contribution in [1.82, 2.24) is 0 Å². The first-order chi connectivity index (χ1) is 9.63. The fourth-order valence-electron chi connectivity index (χ4n) is 1.88. The third-order valence-corrected chi connectivity index (χ3v) is 3.58. The molecule has 4 nitrogen and oxygen atoms in total. The Labute approximate surface area is 124 Å². The summed E-state index contributed by atoms with van der Waals surface area (Å²) in [6, 6.07) is 7.07. The van der Waals surface area contributed by atoms with Crippen molar-refractivity contribution in [3.05, 3.63) is 51.9 Å². The molecule has 1 aliphatic rings. The van der Waals surface area contributed by atoms with Gasteiger partial charge in [0.1, 0.15) is 5.76 Å². The average Bonchev–Trinajstić information content (AvgIpc) is 3.04. The lowest BCUT2D eigenvalue weighted by molar-refractivity contribution is 0.102. The Bertz CT molecular complexity index is 700. The maximum Gasteiger partial charge on any atom is 0.231 e. The minimum absolute atomic E-state index is 0.178. The van der Waals surface area contributed by atoms with E-state index in [0.29, 0.717) is 23.0 Å². The highest BCUT2D eigenvalue weighted by Crippen LogP contribution is 2.37. The lowest BCUT2D eigenvalue weighted by Gasteiger charge is -2.01. The van der Waals surface area contributed by atoms with Crippen molar-refractivity contribution in [1.29, 1.82) is 0 Å². The number of ketones is 1. The van der Waals surface area contributed by atoms with Crippen molar-refractivity contribution < 1.29 is 18.7 Å². The number of carbonyl (C=O) groups excluding carboxylic acids is 1. The van der Waals surface area contributed by atoms with Gasteiger partial charge in [0.15, 0.2) is 17.3 Å². The van der Waals surface area contributed by atoms with Gasteiger partial charge in [-0.2, -0.15) is 0 Å². The second-order valence-electron chi connectivity index (χ2n) is 4.33. The van der Waals surface area contributed by atoms with E-state index in [9.17, 15) is 4.79 Å². The molecule has 2 aromatic rings. The highest BCUT2D eigenvalue weighted by Gasteiger charge is 2.15. The summed E-state index contributed by atoms with van der Waals surface area (Å²) in [5, 5.41) is 0. The molecule has 0 atom stereocenters. The Morgan fingerprint density at radius 3 is 2.70 bits per heavy atom. The molecular weight excluding hydrogens is 324 g/mol. The van der Waals surface area contributed by atoms with Gasteiger partial charge in [-0.3, -0.25) is 4.79 Å². The van der Waals surface area contributed by atoms with Gasteiger partial charge in [0.2, 0.25) is 12.6 Å². The minimum atomic E-state index is -0.178. The van der Waals surface area contributed by atoms with Crippen molar-refractivity contribution >= 4 is 27.8 Å². The van der Waals surface area contributed by atoms with Gasteiger partial charge in [-0.1, -0.05) is 15.9 Å². The normalized spacial score (nSPS) is 13.1. The number of furan rings is 1. The molecule has 0 fully saturated rings. The number of aryl methyl sites for hydroxylation is 1. The minimum Gasteiger partial charge on any atom is -0.458 e. The number of benzene rings is 1. The number of hydrogen-bond donors (Lipinski definition) is 0. The number of halogens is 1. The summed E-state index contributed by atoms with van der Waals surface area (Å²) in [5.74, 6) is 2.24. The molecule has 2 heterocycles. The van der Waals surface area contributed by atoms with Crippen LogP contribution in [-0.2, 0) is 0 Å². The Morgan fingerprint density at radius 1 is 1.25 bits per heavy atom. The number of ether oxygens (including phenoxy) is 2. The maximum absolute atomic E-state index is 11.9. The van der Waals surface area contributed by atoms with Crippen molar-refractivity contribution in [2.75, 3.05) is 6.79 Å². The summed E-state index contributed by atoms with van der Waals surface area (Å²) in [6.45, 7) is 2.02. The van der Waals surface area contributed by atoms with Crippen LogP contribution in [0.5, 0.6) is 11.5 Å². The molecule has 1 aliphatic heterocycles. The maximum atomic E-state index is 11.9. The summed E-state index contributed by atoms with van der Waals surface area (Å²) >= 11 is 3.44. The van der Waals surface area contributed by atoms with E-state index < -0.39 is 0 Å². The van der Waals surface area contributed by atoms with E-state index in [4.69, 9.17) is 13.9 Å². The van der Waals surface area contributed by atoms with Gasteiger partial charge in [0.05, 0.1) is 0 Å². The number of hydrogen-bond acceptors (Lipinski definition) is 4. The Kier molecular flexibility index (Phi) is 3.36. The largest absolute Gasteiger partial charge is 0.458 e. The lowest BCUT2D eigenvalue weighted by Crippen LogP contribution is -1.92. The summed E-state index contributed by atoms with van der Waals surface area (Å²) in [6.07, 6.45) is 3.19. The van der Waals surface area contributed by atoms with Crippen LogP contribution >= 0.6 is 15.9 Å². The van der Waals surface area contributed by atoms with Gasteiger partial charge in [-0.25, -0.2) is 0 Å². The fraction of sp³-hybridized carbons (Fsp3) is 0.133. The third-order valence-electron chi connectivity index (χ3n) is 2.89. The second-order valence-corrected chi connectivity index (χ2v) is 5.19. The Morgan fingerprint density at radius 2 is 2.00 bits per heavy atom. The van der Waals surface area contributed by atoms with E-state index in [-0.39, 0.29) is 12.6 Å². The first kappa shape index (κ1) is 13.0. The summed E-state index contributed by atoms with van der Waals surface area (Å²) in [7, 11) is 0. The van der Waals surface area contributed by atoms with E-state index in [2.05, 4.69) is 15.9 Å². The van der Waals surface area contributed by atoms with Crippen LogP contribution in [0.1, 0.15) is 21.9 Å². The molecule has 0 bridgehead atoms. The lowest BCUT2D eigenvalue weighted by atomic mass is 10.1. The van der Waals surface area contributed by atoms with Gasteiger partial charge in [-0.15, -0.1) is 0 Å². The fourth-order valence-corrected chi connectivity index (χ4v) is 2.33. The summed E-state index contributed by atoms with van der Waals surface area (Å²) in [4.78, 5) is 11.9. The second kappa shape index (κ2) is 5.17. The van der Waals surface area contributed by atoms with Crippen LogP contribution in [0.3, 0.4) is 0 Å². The molecule has 0 unspecified atom stereocenters. The SMILES string of the molecule is Cc1ccc(C(=O)/C=C/c2cc3c(cc2Br)OCO3)o1. The van der Waals surface area contributed by atoms with Crippen molar-refractivity contribution in [2.24, 2.45) is 0 Å². The van der Waals surface area contributed by atoms with E-state index in [0.717, 1.165) is 10.0 Å². The van der Waals surface area contributed by atoms with E-state index in [1.165, 1.54) is 6.08 Å². The molecule has 102 valence electrons. The number of allylic oxidation sites excluding steroid dienone is 1. The molecule has 1 aromatic carbocycles. The molecule has 3 rings (SSSR count). The highest BCUT2D eigenvalue weighted by molar-refractivity contribution is 9.10. The number of fused-ring (bicyclic) bond motifs is 1. The quantitative estimate of drug-likeness (QED) is 0.629.